The van der Waals surface area contributed by atoms with Crippen LogP contribution in [0.2, 0.25) is 0 Å². The molecule has 1 aromatic carbocycles. The molecule has 0 fully saturated rings. The molecular weight excluding hydrogens is 266 g/mol. The van der Waals surface area contributed by atoms with Crippen LogP contribution in [0, 0.1) is 16.7 Å². The maximum Gasteiger partial charge on any atom is 0.165 e. The van der Waals surface area contributed by atoms with Crippen LogP contribution < -0.4 is 0 Å². The van der Waals surface area contributed by atoms with Gasteiger partial charge < -0.3 is 0 Å². The number of thiophene rings is 1. The van der Waals surface area contributed by atoms with Gasteiger partial charge in [-0.3, -0.25) is 4.79 Å². The van der Waals surface area contributed by atoms with Crippen molar-refractivity contribution in [2.45, 2.75) is 26.7 Å². The molecule has 3 heteroatoms. The number of carbonyl (C=O) groups is 1. The number of nitriles is 1. The smallest absolute Gasteiger partial charge is 0.165 e. The molecule has 0 spiro atoms. The van der Waals surface area contributed by atoms with E-state index in [0.717, 1.165) is 28.0 Å². The van der Waals surface area contributed by atoms with E-state index in [1.165, 1.54) is 11.3 Å². The second-order valence-electron chi connectivity index (χ2n) is 6.03. The zero-order valence-electron chi connectivity index (χ0n) is 11.6. The molecule has 1 aromatic heterocycles. The SMILES string of the molecule is CC1(C)CC(=O)c2c(-c3ccccc3)sc(C#N)c2C1. The fourth-order valence-corrected chi connectivity index (χ4v) is 4.02. The molecule has 0 amide bonds. The fourth-order valence-electron chi connectivity index (χ4n) is 2.88. The number of rotatable bonds is 1. The predicted molar refractivity (Wildman–Crippen MR) is 80.9 cm³/mol. The third-order valence-electron chi connectivity index (χ3n) is 3.72. The van der Waals surface area contributed by atoms with Crippen molar-refractivity contribution < 1.29 is 4.79 Å². The van der Waals surface area contributed by atoms with E-state index in [2.05, 4.69) is 19.9 Å². The lowest BCUT2D eigenvalue weighted by Gasteiger charge is -2.29. The highest BCUT2D eigenvalue weighted by Crippen LogP contribution is 2.44. The molecular formula is C17H15NOS. The first-order chi connectivity index (χ1) is 9.52. The summed E-state index contributed by atoms with van der Waals surface area (Å²) in [5.41, 5.74) is 2.73. The topological polar surface area (TPSA) is 40.9 Å². The van der Waals surface area contributed by atoms with E-state index in [1.807, 2.05) is 30.3 Å². The van der Waals surface area contributed by atoms with E-state index in [0.29, 0.717) is 11.3 Å². The van der Waals surface area contributed by atoms with Crippen molar-refractivity contribution in [2.24, 2.45) is 5.41 Å². The molecule has 2 aromatic rings. The van der Waals surface area contributed by atoms with Crippen LogP contribution in [-0.2, 0) is 6.42 Å². The van der Waals surface area contributed by atoms with Crippen LogP contribution in [0.15, 0.2) is 30.3 Å². The third kappa shape index (κ3) is 2.07. The van der Waals surface area contributed by atoms with Crippen molar-refractivity contribution >= 4 is 17.1 Å². The van der Waals surface area contributed by atoms with Crippen LogP contribution in [0.1, 0.15) is 41.1 Å². The number of ketones is 1. The van der Waals surface area contributed by atoms with E-state index in [4.69, 9.17) is 0 Å². The number of carbonyl (C=O) groups excluding carboxylic acids is 1. The summed E-state index contributed by atoms with van der Waals surface area (Å²) < 4.78 is 0. The highest BCUT2D eigenvalue weighted by atomic mass is 32.1. The number of hydrogen-bond acceptors (Lipinski definition) is 3. The van der Waals surface area contributed by atoms with E-state index in [-0.39, 0.29) is 11.2 Å². The van der Waals surface area contributed by atoms with Gasteiger partial charge in [0.15, 0.2) is 5.78 Å². The van der Waals surface area contributed by atoms with Gasteiger partial charge in [-0.05, 0) is 23.0 Å². The van der Waals surface area contributed by atoms with Gasteiger partial charge in [-0.15, -0.1) is 11.3 Å². The van der Waals surface area contributed by atoms with Gasteiger partial charge in [0.2, 0.25) is 0 Å². The number of nitrogens with zero attached hydrogens (tertiary/aromatic N) is 1. The Morgan fingerprint density at radius 2 is 1.90 bits per heavy atom. The Morgan fingerprint density at radius 1 is 1.20 bits per heavy atom. The fraction of sp³-hybridized carbons (Fsp3) is 0.294. The highest BCUT2D eigenvalue weighted by molar-refractivity contribution is 7.16. The molecule has 3 rings (SSSR count). The van der Waals surface area contributed by atoms with E-state index < -0.39 is 0 Å². The Balaban J connectivity index is 2.24. The van der Waals surface area contributed by atoms with Crippen LogP contribution in [0.3, 0.4) is 0 Å². The standard InChI is InChI=1S/C17H15NOS/c1-17(2)8-12-14(10-18)20-16(15(12)13(19)9-17)11-6-4-3-5-7-11/h3-7H,8-9H2,1-2H3. The average Bonchev–Trinajstić information content (AvgIpc) is 2.77. The molecule has 1 heterocycles. The number of fused-ring (bicyclic) bond motifs is 1. The minimum atomic E-state index is -0.0509. The van der Waals surface area contributed by atoms with Crippen LogP contribution in [-0.4, -0.2) is 5.78 Å². The molecule has 0 N–H and O–H groups in total. The van der Waals surface area contributed by atoms with Gasteiger partial charge in [0, 0.05) is 16.9 Å². The maximum absolute atomic E-state index is 12.5. The Kier molecular flexibility index (Phi) is 2.99. The Morgan fingerprint density at radius 3 is 2.55 bits per heavy atom. The van der Waals surface area contributed by atoms with Crippen LogP contribution in [0.25, 0.3) is 10.4 Å². The van der Waals surface area contributed by atoms with Crippen LogP contribution in [0.5, 0.6) is 0 Å². The lowest BCUT2D eigenvalue weighted by molar-refractivity contribution is 0.0914. The second kappa shape index (κ2) is 4.57. The Hall–Kier alpha value is -1.92. The zero-order valence-corrected chi connectivity index (χ0v) is 12.4. The lowest BCUT2D eigenvalue weighted by Crippen LogP contribution is -2.26. The van der Waals surface area contributed by atoms with Gasteiger partial charge in [-0.1, -0.05) is 44.2 Å². The molecule has 2 nitrogen and oxygen atoms in total. The average molecular weight is 281 g/mol. The Bertz CT molecular complexity index is 719. The van der Waals surface area contributed by atoms with Gasteiger partial charge >= 0.3 is 0 Å². The summed E-state index contributed by atoms with van der Waals surface area (Å²) in [6, 6.07) is 12.2. The van der Waals surface area contributed by atoms with Crippen molar-refractivity contribution in [3.63, 3.8) is 0 Å². The predicted octanol–water partition coefficient (Wildman–Crippen LogP) is 4.44. The van der Waals surface area contributed by atoms with E-state index in [1.54, 1.807) is 0 Å². The quantitative estimate of drug-likeness (QED) is 0.775. The van der Waals surface area contributed by atoms with Crippen LogP contribution in [0.4, 0.5) is 0 Å². The molecule has 1 aliphatic carbocycles. The van der Waals surface area contributed by atoms with Crippen LogP contribution >= 0.6 is 11.3 Å². The Labute approximate surface area is 122 Å². The number of benzene rings is 1. The van der Waals surface area contributed by atoms with Gasteiger partial charge in [0.25, 0.3) is 0 Å². The normalized spacial score (nSPS) is 16.6. The van der Waals surface area contributed by atoms with Gasteiger partial charge in [0.05, 0.1) is 0 Å². The summed E-state index contributed by atoms with van der Waals surface area (Å²) in [5.74, 6) is 0.174. The minimum absolute atomic E-state index is 0.0509. The van der Waals surface area contributed by atoms with E-state index >= 15 is 0 Å². The zero-order chi connectivity index (χ0) is 14.3. The van der Waals surface area contributed by atoms with Gasteiger partial charge in [-0.25, -0.2) is 0 Å². The second-order valence-corrected chi connectivity index (χ2v) is 7.05. The summed E-state index contributed by atoms with van der Waals surface area (Å²) in [5, 5.41) is 9.36. The molecule has 0 bridgehead atoms. The van der Waals surface area contributed by atoms with E-state index in [9.17, 15) is 10.1 Å². The molecule has 100 valence electrons. The third-order valence-corrected chi connectivity index (χ3v) is 4.90. The largest absolute Gasteiger partial charge is 0.294 e. The molecule has 0 atom stereocenters. The highest BCUT2D eigenvalue weighted by Gasteiger charge is 2.36. The van der Waals surface area contributed by atoms with Gasteiger partial charge in [0.1, 0.15) is 10.9 Å². The maximum atomic E-state index is 12.5. The summed E-state index contributed by atoms with van der Waals surface area (Å²) in [6.07, 6.45) is 1.36. The van der Waals surface area contributed by atoms with Crippen molar-refractivity contribution in [3.8, 4) is 16.5 Å². The lowest BCUT2D eigenvalue weighted by atomic mass is 9.73. The first-order valence-corrected chi connectivity index (χ1v) is 7.48. The molecule has 0 radical (unpaired) electrons. The summed E-state index contributed by atoms with van der Waals surface area (Å²) in [7, 11) is 0. The molecule has 0 unspecified atom stereocenters. The first kappa shape index (κ1) is 13.1. The summed E-state index contributed by atoms with van der Waals surface area (Å²) in [4.78, 5) is 14.2. The molecule has 0 saturated carbocycles. The molecule has 1 aliphatic rings. The number of hydrogen-bond donors (Lipinski definition) is 0. The van der Waals surface area contributed by atoms with Crippen molar-refractivity contribution in [1.29, 1.82) is 5.26 Å². The molecule has 0 saturated heterocycles. The number of Topliss-reactive ketones (excluding diaryl/α,β-unsaturated/α-hetero) is 1. The van der Waals surface area contributed by atoms with Crippen molar-refractivity contribution in [2.75, 3.05) is 0 Å². The first-order valence-electron chi connectivity index (χ1n) is 6.66. The summed E-state index contributed by atoms with van der Waals surface area (Å²) >= 11 is 1.45. The van der Waals surface area contributed by atoms with Crippen molar-refractivity contribution in [3.05, 3.63) is 46.3 Å². The molecule has 0 aliphatic heterocycles. The van der Waals surface area contributed by atoms with Gasteiger partial charge in [-0.2, -0.15) is 5.26 Å². The minimum Gasteiger partial charge on any atom is -0.294 e. The monoisotopic (exact) mass is 281 g/mol. The van der Waals surface area contributed by atoms with Crippen molar-refractivity contribution in [1.82, 2.24) is 0 Å². The summed E-state index contributed by atoms with van der Waals surface area (Å²) in [6.45, 7) is 4.18. The molecule has 20 heavy (non-hydrogen) atoms.